The maximum Gasteiger partial charge on any atom is 0.460 e. The summed E-state index contributed by atoms with van der Waals surface area (Å²) in [7, 11) is 0. The number of aliphatic hydroxyl groups is 3. The molecule has 46 heavy (non-hydrogen) atoms. The van der Waals surface area contributed by atoms with Crippen LogP contribution in [0.1, 0.15) is 32.6 Å². The molecule has 0 bridgehead atoms. The lowest BCUT2D eigenvalue weighted by Gasteiger charge is -2.42. The first kappa shape index (κ1) is 48.0. The average Bonchev–Trinajstić information content (AvgIpc) is 2.88. The molecule has 0 aliphatic carbocycles. The van der Waals surface area contributed by atoms with E-state index in [1.54, 1.807) is 6.92 Å². The van der Waals surface area contributed by atoms with Gasteiger partial charge in [0.05, 0.1) is 26.2 Å². The molecule has 0 rings (SSSR count). The van der Waals surface area contributed by atoms with E-state index in [0.29, 0.717) is 13.1 Å². The summed E-state index contributed by atoms with van der Waals surface area (Å²) in [4.78, 5) is 21.1. The van der Waals surface area contributed by atoms with Gasteiger partial charge < -0.3 is 35.3 Å². The van der Waals surface area contributed by atoms with Crippen LogP contribution in [0.15, 0.2) is 0 Å². The summed E-state index contributed by atoms with van der Waals surface area (Å²) >= 11 is 0. The normalized spacial score (nSPS) is 13.7. The number of ether oxygens (including phenoxy) is 1. The largest absolute Gasteiger partial charge is 0.550 e. The first-order chi connectivity index (χ1) is 20.4. The second kappa shape index (κ2) is 18.2. The lowest BCUT2D eigenvalue weighted by Crippen LogP contribution is -2.74. The molecule has 0 aromatic rings. The molecule has 0 spiro atoms. The highest BCUT2D eigenvalue weighted by Crippen LogP contribution is 2.64. The first-order valence-corrected chi connectivity index (χ1v) is 12.0. The zero-order valence-corrected chi connectivity index (χ0v) is 23.0. The standard InChI is InChI=1S/C15H11F17O4.C4H11NO2.C2H6O/c16-8(17,4-5-36-7(35)3-1-2-6(33)34)9(18,19)10(20,21)11(22,23)12(24,25)13(26,27)14(28,29)15(30,31)32;6-3-1-5-2-4-7;1-2-3/h1-5H2,(H,33,34);5-7H,1-4H2;3H,2H2,1H3/p-1. The Morgan fingerprint density at radius 3 is 1.30 bits per heavy atom. The number of nitrogens with one attached hydrogen (secondary N) is 1. The van der Waals surface area contributed by atoms with E-state index in [2.05, 4.69) is 10.1 Å². The Labute approximate surface area is 247 Å². The summed E-state index contributed by atoms with van der Waals surface area (Å²) in [6.07, 6.45) is -13.1. The molecule has 0 aliphatic rings. The number of carboxylic acids is 1. The number of hydrogen-bond acceptors (Lipinski definition) is 8. The molecule has 4 N–H and O–H groups in total. The molecule has 0 atom stereocenters. The summed E-state index contributed by atoms with van der Waals surface area (Å²) in [5.41, 5.74) is 0. The van der Waals surface area contributed by atoms with Gasteiger partial charge in [-0.2, -0.15) is 74.6 Å². The van der Waals surface area contributed by atoms with Crippen molar-refractivity contribution in [3.05, 3.63) is 0 Å². The van der Waals surface area contributed by atoms with Crippen molar-refractivity contribution in [1.82, 2.24) is 5.32 Å². The van der Waals surface area contributed by atoms with Crippen LogP contribution in [0, 0.1) is 0 Å². The van der Waals surface area contributed by atoms with Gasteiger partial charge in [0, 0.05) is 32.1 Å². The van der Waals surface area contributed by atoms with E-state index in [1.165, 1.54) is 0 Å². The molecule has 278 valence electrons. The Balaban J connectivity index is -0.00000159. The minimum Gasteiger partial charge on any atom is -0.550 e. The molecule has 0 fully saturated rings. The molecule has 0 aromatic heterocycles. The topological polar surface area (TPSA) is 139 Å². The zero-order valence-electron chi connectivity index (χ0n) is 23.0. The predicted octanol–water partition coefficient (Wildman–Crippen LogP) is 3.41. The van der Waals surface area contributed by atoms with Crippen molar-refractivity contribution in [2.24, 2.45) is 0 Å². The Morgan fingerprint density at radius 2 is 0.978 bits per heavy atom. The van der Waals surface area contributed by atoms with E-state index >= 15 is 0 Å². The van der Waals surface area contributed by atoms with Gasteiger partial charge in [-0.25, -0.2) is 0 Å². The number of rotatable bonds is 17. The van der Waals surface area contributed by atoms with E-state index in [0.717, 1.165) is 0 Å². The number of carboxylic acid groups (broad SMARTS) is 1. The number of alkyl halides is 17. The summed E-state index contributed by atoms with van der Waals surface area (Å²) in [6, 6.07) is 0. The molecule has 0 amide bonds. The number of carbonyl (C=O) groups is 2. The number of hydrogen-bond donors (Lipinski definition) is 4. The Hall–Kier alpha value is -2.41. The maximum atomic E-state index is 13.6. The minimum absolute atomic E-state index is 0.139. The summed E-state index contributed by atoms with van der Waals surface area (Å²) in [6.45, 7) is 1.27. The van der Waals surface area contributed by atoms with Gasteiger partial charge in [0.1, 0.15) is 0 Å². The van der Waals surface area contributed by atoms with Crippen molar-refractivity contribution in [3.8, 4) is 0 Å². The second-order valence-corrected chi connectivity index (χ2v) is 8.36. The van der Waals surface area contributed by atoms with Crippen LogP contribution in [0.5, 0.6) is 0 Å². The van der Waals surface area contributed by atoms with Crippen LogP contribution < -0.4 is 10.4 Å². The summed E-state index contributed by atoms with van der Waals surface area (Å²) in [5.74, 6) is -60.5. The van der Waals surface area contributed by atoms with Crippen LogP contribution in [0.25, 0.3) is 0 Å². The van der Waals surface area contributed by atoms with Crippen LogP contribution in [-0.4, -0.2) is 114 Å². The SMILES string of the molecule is CCO.O=C([O-])CCCC(=O)OCCC(F)(F)C(F)(F)C(F)(F)C(F)(F)C(F)(F)C(F)(F)C(F)(F)C(F)(F)F.OCCNCCO. The van der Waals surface area contributed by atoms with E-state index in [9.17, 15) is 89.3 Å². The molecule has 0 aromatic carbocycles. The third-order valence-electron chi connectivity index (χ3n) is 4.81. The maximum absolute atomic E-state index is 13.6. The molecule has 25 heteroatoms. The molecule has 0 radical (unpaired) electrons. The fourth-order valence-electron chi connectivity index (χ4n) is 2.38. The number of halogens is 17. The van der Waals surface area contributed by atoms with Crippen molar-refractivity contribution in [3.63, 3.8) is 0 Å². The lowest BCUT2D eigenvalue weighted by atomic mass is 9.88. The van der Waals surface area contributed by atoms with Crippen LogP contribution in [0.3, 0.4) is 0 Å². The highest BCUT2D eigenvalue weighted by Gasteiger charge is 2.95. The van der Waals surface area contributed by atoms with Crippen LogP contribution in [0.4, 0.5) is 74.6 Å². The molecular weight excluding hydrogens is 701 g/mol. The Bertz CT molecular complexity index is 912. The number of aliphatic hydroxyl groups excluding tert-OH is 3. The fraction of sp³-hybridized carbons (Fsp3) is 0.905. The van der Waals surface area contributed by atoms with Gasteiger partial charge in [-0.15, -0.1) is 0 Å². The van der Waals surface area contributed by atoms with Crippen molar-refractivity contribution in [1.29, 1.82) is 0 Å². The summed E-state index contributed by atoms with van der Waals surface area (Å²) in [5, 5.41) is 36.7. The van der Waals surface area contributed by atoms with Crippen molar-refractivity contribution >= 4 is 11.9 Å². The predicted molar refractivity (Wildman–Crippen MR) is 115 cm³/mol. The molecule has 0 saturated carbocycles. The smallest absolute Gasteiger partial charge is 0.460 e. The van der Waals surface area contributed by atoms with Gasteiger partial charge in [0.25, 0.3) is 0 Å². The Kier molecular flexibility index (Phi) is 19.0. The summed E-state index contributed by atoms with van der Waals surface area (Å²) < 4.78 is 226. The van der Waals surface area contributed by atoms with Gasteiger partial charge in [0.2, 0.25) is 0 Å². The first-order valence-electron chi connectivity index (χ1n) is 12.0. The third-order valence-corrected chi connectivity index (χ3v) is 4.81. The second-order valence-electron chi connectivity index (χ2n) is 8.36. The quantitative estimate of drug-likeness (QED) is 0.102. The van der Waals surface area contributed by atoms with Gasteiger partial charge in [-0.05, 0) is 19.8 Å². The molecular formula is C21H27F17NO7-. The number of aliphatic carboxylic acids is 1. The Morgan fingerprint density at radius 1 is 0.630 bits per heavy atom. The lowest BCUT2D eigenvalue weighted by molar-refractivity contribution is -0.461. The van der Waals surface area contributed by atoms with Crippen molar-refractivity contribution in [2.45, 2.75) is 80.2 Å². The van der Waals surface area contributed by atoms with Crippen molar-refractivity contribution < 1.29 is 109 Å². The number of carbonyl (C=O) groups excluding carboxylic acids is 2. The molecule has 0 unspecified atom stereocenters. The van der Waals surface area contributed by atoms with E-state index in [1.807, 2.05) is 0 Å². The third kappa shape index (κ3) is 11.4. The minimum atomic E-state index is -8.71. The number of esters is 1. The molecule has 0 heterocycles. The fourth-order valence-corrected chi connectivity index (χ4v) is 2.38. The van der Waals surface area contributed by atoms with Gasteiger partial charge in [-0.3, -0.25) is 4.79 Å². The monoisotopic (exact) mass is 728 g/mol. The highest BCUT2D eigenvalue weighted by molar-refractivity contribution is 5.70. The molecule has 8 nitrogen and oxygen atoms in total. The van der Waals surface area contributed by atoms with Gasteiger partial charge in [0.15, 0.2) is 0 Å². The average molecular weight is 728 g/mol. The van der Waals surface area contributed by atoms with Gasteiger partial charge >= 0.3 is 53.6 Å². The van der Waals surface area contributed by atoms with Crippen LogP contribution in [0.2, 0.25) is 0 Å². The molecule has 0 saturated heterocycles. The highest BCUT2D eigenvalue weighted by atomic mass is 19.4. The molecule has 0 aliphatic heterocycles. The van der Waals surface area contributed by atoms with Crippen molar-refractivity contribution in [2.75, 3.05) is 39.5 Å². The van der Waals surface area contributed by atoms with E-state index in [-0.39, 0.29) is 19.8 Å². The van der Waals surface area contributed by atoms with Crippen LogP contribution >= 0.6 is 0 Å². The van der Waals surface area contributed by atoms with E-state index in [4.69, 9.17) is 15.3 Å². The van der Waals surface area contributed by atoms with Crippen LogP contribution in [-0.2, 0) is 14.3 Å². The van der Waals surface area contributed by atoms with Gasteiger partial charge in [-0.1, -0.05) is 0 Å². The zero-order chi connectivity index (χ0) is 37.6. The van der Waals surface area contributed by atoms with E-state index < -0.39 is 91.9 Å².